The first-order valence-electron chi connectivity index (χ1n) is 7.93. The Morgan fingerprint density at radius 1 is 1.10 bits per heavy atom. The van der Waals surface area contributed by atoms with Crippen LogP contribution in [0.5, 0.6) is 0 Å². The fourth-order valence-corrected chi connectivity index (χ4v) is 4.05. The molecule has 1 aromatic heterocycles. The van der Waals surface area contributed by atoms with E-state index in [0.29, 0.717) is 18.1 Å². The molecule has 2 aromatic rings. The molecule has 0 aliphatic heterocycles. The predicted octanol–water partition coefficient (Wildman–Crippen LogP) is 4.14. The largest absolute Gasteiger partial charge is 0.358 e. The monoisotopic (exact) mass is 270 g/mol. The quantitative estimate of drug-likeness (QED) is 0.888. The molecule has 20 heavy (non-hydrogen) atoms. The summed E-state index contributed by atoms with van der Waals surface area (Å²) in [5.41, 5.74) is 4.33. The van der Waals surface area contributed by atoms with E-state index in [4.69, 9.17) is 0 Å². The number of para-hydroxylation sites is 1. The van der Waals surface area contributed by atoms with Gasteiger partial charge in [0.05, 0.1) is 0 Å². The normalized spacial score (nSPS) is 19.2. The molecule has 2 heteroatoms. The van der Waals surface area contributed by atoms with Gasteiger partial charge in [-0.2, -0.15) is 0 Å². The van der Waals surface area contributed by atoms with Crippen molar-refractivity contribution in [2.75, 3.05) is 0 Å². The van der Waals surface area contributed by atoms with Crippen LogP contribution in [0.3, 0.4) is 0 Å². The Labute approximate surface area is 122 Å². The minimum Gasteiger partial charge on any atom is -0.358 e. The lowest BCUT2D eigenvalue weighted by molar-refractivity contribution is 0.102. The molecule has 0 spiro atoms. The van der Waals surface area contributed by atoms with E-state index in [1.807, 2.05) is 0 Å². The minimum absolute atomic E-state index is 0.617. The zero-order valence-corrected chi connectivity index (χ0v) is 13.1. The number of aromatic amines is 1. The smallest absolute Gasteiger partial charge is 0.0458 e. The summed E-state index contributed by atoms with van der Waals surface area (Å²) < 4.78 is 0. The molecule has 0 saturated heterocycles. The van der Waals surface area contributed by atoms with Crippen LogP contribution in [-0.4, -0.2) is 28.0 Å². The highest BCUT2D eigenvalue weighted by atomic mass is 15.2. The van der Waals surface area contributed by atoms with E-state index in [9.17, 15) is 0 Å². The number of rotatable bonds is 3. The first-order chi connectivity index (χ1) is 9.58. The van der Waals surface area contributed by atoms with Crippen LogP contribution in [-0.2, 0) is 12.8 Å². The van der Waals surface area contributed by atoms with Gasteiger partial charge in [-0.1, -0.05) is 18.2 Å². The highest BCUT2D eigenvalue weighted by Crippen LogP contribution is 2.32. The Balaban J connectivity index is 1.94. The summed E-state index contributed by atoms with van der Waals surface area (Å²) in [6, 6.07) is 10.7. The van der Waals surface area contributed by atoms with Crippen molar-refractivity contribution in [1.29, 1.82) is 0 Å². The van der Waals surface area contributed by atoms with Crippen LogP contribution < -0.4 is 0 Å². The van der Waals surface area contributed by atoms with Crippen molar-refractivity contribution in [3.05, 3.63) is 35.5 Å². The summed E-state index contributed by atoms with van der Waals surface area (Å²) >= 11 is 0. The summed E-state index contributed by atoms with van der Waals surface area (Å²) in [7, 11) is 0. The molecular weight excluding hydrogens is 244 g/mol. The fraction of sp³-hybridized carbons (Fsp3) is 0.556. The van der Waals surface area contributed by atoms with Crippen LogP contribution >= 0.6 is 0 Å². The molecule has 1 heterocycles. The molecule has 0 saturated carbocycles. The average molecular weight is 270 g/mol. The summed E-state index contributed by atoms with van der Waals surface area (Å²) in [6.45, 7) is 9.30. The molecule has 108 valence electrons. The van der Waals surface area contributed by atoms with Gasteiger partial charge < -0.3 is 4.98 Å². The van der Waals surface area contributed by atoms with Gasteiger partial charge in [-0.3, -0.25) is 4.90 Å². The summed E-state index contributed by atoms with van der Waals surface area (Å²) in [6.07, 6.45) is 3.65. The number of H-pyrrole nitrogens is 1. The van der Waals surface area contributed by atoms with Crippen molar-refractivity contribution in [3.63, 3.8) is 0 Å². The Bertz CT molecular complexity index is 586. The molecule has 0 fully saturated rings. The van der Waals surface area contributed by atoms with Gasteiger partial charge in [-0.05, 0) is 58.6 Å². The van der Waals surface area contributed by atoms with Crippen molar-refractivity contribution in [3.8, 4) is 0 Å². The zero-order chi connectivity index (χ0) is 14.3. The van der Waals surface area contributed by atoms with Gasteiger partial charge in [0.15, 0.2) is 0 Å². The molecule has 2 nitrogen and oxygen atoms in total. The van der Waals surface area contributed by atoms with Crippen LogP contribution in [0, 0.1) is 0 Å². The topological polar surface area (TPSA) is 19.0 Å². The molecule has 0 unspecified atom stereocenters. The third-order valence-corrected chi connectivity index (χ3v) is 4.68. The zero-order valence-electron chi connectivity index (χ0n) is 13.1. The van der Waals surface area contributed by atoms with Crippen LogP contribution in [0.25, 0.3) is 10.9 Å². The van der Waals surface area contributed by atoms with E-state index in [1.54, 1.807) is 5.56 Å². The average Bonchev–Trinajstić information content (AvgIpc) is 2.76. The number of nitrogens with zero attached hydrogens (tertiary/aromatic N) is 1. The Hall–Kier alpha value is -1.28. The lowest BCUT2D eigenvalue weighted by atomic mass is 9.89. The maximum Gasteiger partial charge on any atom is 0.0458 e. The van der Waals surface area contributed by atoms with Crippen LogP contribution in [0.1, 0.15) is 45.4 Å². The van der Waals surface area contributed by atoms with E-state index in [2.05, 4.69) is 61.8 Å². The van der Waals surface area contributed by atoms with Gasteiger partial charge in [-0.15, -0.1) is 0 Å². The lowest BCUT2D eigenvalue weighted by Crippen LogP contribution is -2.47. The number of hydrogen-bond acceptors (Lipinski definition) is 1. The molecule has 3 rings (SSSR count). The molecule has 1 aliphatic carbocycles. The molecular formula is C18H26N2. The van der Waals surface area contributed by atoms with Gasteiger partial charge in [0.25, 0.3) is 0 Å². The Morgan fingerprint density at radius 2 is 1.80 bits per heavy atom. The van der Waals surface area contributed by atoms with E-state index in [1.165, 1.54) is 35.9 Å². The van der Waals surface area contributed by atoms with Crippen molar-refractivity contribution in [2.24, 2.45) is 0 Å². The van der Waals surface area contributed by atoms with Crippen molar-refractivity contribution < 1.29 is 0 Å². The highest BCUT2D eigenvalue weighted by molar-refractivity contribution is 5.84. The fourth-order valence-electron chi connectivity index (χ4n) is 4.05. The highest BCUT2D eigenvalue weighted by Gasteiger charge is 2.29. The van der Waals surface area contributed by atoms with E-state index in [-0.39, 0.29) is 0 Å². The number of nitrogens with one attached hydrogen (secondary N) is 1. The van der Waals surface area contributed by atoms with Crippen molar-refractivity contribution in [1.82, 2.24) is 9.88 Å². The van der Waals surface area contributed by atoms with E-state index in [0.717, 1.165) is 0 Å². The standard InChI is InChI=1S/C18H26N2/c1-12(2)20(13(3)4)14-9-10-18-16(11-14)15-7-5-6-8-17(15)19-18/h5-8,12-14,19H,9-11H2,1-4H3/t14-/m0/s1. The number of fused-ring (bicyclic) bond motifs is 3. The third kappa shape index (κ3) is 2.26. The summed E-state index contributed by atoms with van der Waals surface area (Å²) in [4.78, 5) is 6.30. The summed E-state index contributed by atoms with van der Waals surface area (Å²) in [5, 5.41) is 1.43. The van der Waals surface area contributed by atoms with Crippen LogP contribution in [0.2, 0.25) is 0 Å². The third-order valence-electron chi connectivity index (χ3n) is 4.68. The summed E-state index contributed by atoms with van der Waals surface area (Å²) in [5.74, 6) is 0. The SMILES string of the molecule is CC(C)N(C(C)C)[C@H]1CCc2[nH]c3ccccc3c2C1. The molecule has 0 amide bonds. The van der Waals surface area contributed by atoms with Crippen molar-refractivity contribution in [2.45, 2.75) is 65.1 Å². The second-order valence-corrected chi connectivity index (χ2v) is 6.66. The maximum atomic E-state index is 3.62. The van der Waals surface area contributed by atoms with E-state index < -0.39 is 0 Å². The number of hydrogen-bond donors (Lipinski definition) is 1. The van der Waals surface area contributed by atoms with Crippen LogP contribution in [0.4, 0.5) is 0 Å². The van der Waals surface area contributed by atoms with Gasteiger partial charge in [-0.25, -0.2) is 0 Å². The van der Waals surface area contributed by atoms with Gasteiger partial charge in [0, 0.05) is 34.7 Å². The first kappa shape index (κ1) is 13.7. The second-order valence-electron chi connectivity index (χ2n) is 6.66. The predicted molar refractivity (Wildman–Crippen MR) is 86.2 cm³/mol. The second kappa shape index (κ2) is 5.25. The first-order valence-corrected chi connectivity index (χ1v) is 7.93. The maximum absolute atomic E-state index is 3.62. The number of benzene rings is 1. The number of aromatic nitrogens is 1. The molecule has 0 radical (unpaired) electrons. The van der Waals surface area contributed by atoms with Gasteiger partial charge >= 0.3 is 0 Å². The van der Waals surface area contributed by atoms with Gasteiger partial charge in [0.1, 0.15) is 0 Å². The minimum atomic E-state index is 0.617. The molecule has 1 N–H and O–H groups in total. The van der Waals surface area contributed by atoms with E-state index >= 15 is 0 Å². The van der Waals surface area contributed by atoms with Crippen molar-refractivity contribution >= 4 is 10.9 Å². The Morgan fingerprint density at radius 3 is 2.50 bits per heavy atom. The van der Waals surface area contributed by atoms with Gasteiger partial charge in [0.2, 0.25) is 0 Å². The molecule has 1 atom stereocenters. The number of aryl methyl sites for hydroxylation is 1. The molecule has 0 bridgehead atoms. The molecule has 1 aromatic carbocycles. The lowest BCUT2D eigenvalue weighted by Gasteiger charge is -2.40. The molecule has 1 aliphatic rings. The Kier molecular flexibility index (Phi) is 3.59. The van der Waals surface area contributed by atoms with Crippen LogP contribution in [0.15, 0.2) is 24.3 Å².